The van der Waals surface area contributed by atoms with Crippen LogP contribution in [0, 0.1) is 6.92 Å². The lowest BCUT2D eigenvalue weighted by Crippen LogP contribution is -2.26. The largest absolute Gasteiger partial charge is 0.466 e. The molecule has 1 aromatic heterocycles. The first-order chi connectivity index (χ1) is 11.6. The summed E-state index contributed by atoms with van der Waals surface area (Å²) in [6, 6.07) is 0. The van der Waals surface area contributed by atoms with Crippen LogP contribution in [0.3, 0.4) is 0 Å². The molecule has 0 aliphatic carbocycles. The number of nitrogens with zero attached hydrogens (tertiary/aromatic N) is 2. The van der Waals surface area contributed by atoms with E-state index in [1.165, 1.54) is 0 Å². The van der Waals surface area contributed by atoms with Crippen LogP contribution in [-0.4, -0.2) is 35.6 Å². The van der Waals surface area contributed by atoms with Crippen molar-refractivity contribution in [1.82, 2.24) is 9.97 Å². The van der Waals surface area contributed by atoms with Gasteiger partial charge >= 0.3 is 5.97 Å². The SMILES string of the molecule is CC.CC.CCOC(=O)CCc1c(C)nc(N2CCCC2)[nH]c1=O. The summed E-state index contributed by atoms with van der Waals surface area (Å²) in [7, 11) is 0. The third-order valence-electron chi connectivity index (χ3n) is 3.50. The fourth-order valence-electron chi connectivity index (χ4n) is 2.43. The number of carbonyl (C=O) groups excluding carboxylic acids is 1. The molecule has 0 radical (unpaired) electrons. The van der Waals surface area contributed by atoms with Crippen LogP contribution in [0.25, 0.3) is 0 Å². The highest BCUT2D eigenvalue weighted by Gasteiger charge is 2.17. The van der Waals surface area contributed by atoms with Crippen LogP contribution in [-0.2, 0) is 16.0 Å². The molecule has 0 amide bonds. The molecule has 0 aromatic carbocycles. The van der Waals surface area contributed by atoms with Gasteiger partial charge in [0.15, 0.2) is 0 Å². The number of hydrogen-bond acceptors (Lipinski definition) is 5. The molecule has 0 atom stereocenters. The van der Waals surface area contributed by atoms with E-state index in [4.69, 9.17) is 4.74 Å². The monoisotopic (exact) mass is 339 g/mol. The van der Waals surface area contributed by atoms with Crippen molar-refractivity contribution in [2.24, 2.45) is 0 Å². The smallest absolute Gasteiger partial charge is 0.306 e. The lowest BCUT2D eigenvalue weighted by atomic mass is 10.1. The number of rotatable bonds is 5. The molecule has 0 bridgehead atoms. The number of anilines is 1. The van der Waals surface area contributed by atoms with Gasteiger partial charge in [-0.1, -0.05) is 27.7 Å². The molecule has 0 saturated carbocycles. The maximum absolute atomic E-state index is 12.1. The van der Waals surface area contributed by atoms with E-state index in [0.29, 0.717) is 30.2 Å². The Balaban J connectivity index is 0.00000123. The molecule has 6 nitrogen and oxygen atoms in total. The minimum atomic E-state index is -0.282. The quantitative estimate of drug-likeness (QED) is 0.834. The molecule has 1 aliphatic heterocycles. The zero-order valence-electron chi connectivity index (χ0n) is 16.1. The zero-order chi connectivity index (χ0) is 18.5. The van der Waals surface area contributed by atoms with Crippen molar-refractivity contribution in [1.29, 1.82) is 0 Å². The Hall–Kier alpha value is -1.85. The second-order valence-electron chi connectivity index (χ2n) is 4.95. The number of esters is 1. The van der Waals surface area contributed by atoms with E-state index >= 15 is 0 Å². The Bertz CT molecular complexity index is 535. The van der Waals surface area contributed by atoms with E-state index in [1.807, 2.05) is 34.6 Å². The van der Waals surface area contributed by atoms with Crippen molar-refractivity contribution in [3.8, 4) is 0 Å². The molecule has 1 fully saturated rings. The topological polar surface area (TPSA) is 75.3 Å². The van der Waals surface area contributed by atoms with E-state index in [2.05, 4.69) is 14.9 Å². The third kappa shape index (κ3) is 6.72. The molecular formula is C18H33N3O3. The summed E-state index contributed by atoms with van der Waals surface area (Å²) in [6.07, 6.45) is 2.84. The first-order valence-corrected chi connectivity index (χ1v) is 9.12. The maximum atomic E-state index is 12.1. The molecule has 0 unspecified atom stereocenters. The van der Waals surface area contributed by atoms with Crippen LogP contribution in [0.4, 0.5) is 5.95 Å². The standard InChI is InChI=1S/C14H21N3O3.2C2H6/c1-3-20-12(18)7-6-11-10(2)15-14(16-13(11)19)17-8-4-5-9-17;2*1-2/h3-9H2,1-2H3,(H,15,16,19);2*1-2H3. The number of aryl methyl sites for hydroxylation is 1. The number of aromatic amines is 1. The molecular weight excluding hydrogens is 306 g/mol. The van der Waals surface area contributed by atoms with Crippen molar-refractivity contribution >= 4 is 11.9 Å². The predicted molar refractivity (Wildman–Crippen MR) is 98.7 cm³/mol. The van der Waals surface area contributed by atoms with Crippen LogP contribution in [0.2, 0.25) is 0 Å². The molecule has 2 heterocycles. The van der Waals surface area contributed by atoms with Crippen molar-refractivity contribution in [3.63, 3.8) is 0 Å². The van der Waals surface area contributed by atoms with Crippen LogP contribution < -0.4 is 10.5 Å². The Kier molecular flexibility index (Phi) is 11.6. The van der Waals surface area contributed by atoms with E-state index in [1.54, 1.807) is 6.92 Å². The second kappa shape index (κ2) is 12.6. The number of hydrogen-bond donors (Lipinski definition) is 1. The lowest BCUT2D eigenvalue weighted by Gasteiger charge is -2.16. The number of H-pyrrole nitrogens is 1. The van der Waals surface area contributed by atoms with Crippen molar-refractivity contribution < 1.29 is 9.53 Å². The Morgan fingerprint density at radius 3 is 2.29 bits per heavy atom. The van der Waals surface area contributed by atoms with Gasteiger partial charge in [0, 0.05) is 30.8 Å². The fourth-order valence-corrected chi connectivity index (χ4v) is 2.43. The Morgan fingerprint density at radius 1 is 1.21 bits per heavy atom. The fraction of sp³-hybridized carbons (Fsp3) is 0.722. The Morgan fingerprint density at radius 2 is 1.79 bits per heavy atom. The van der Waals surface area contributed by atoms with Crippen molar-refractivity contribution in [3.05, 3.63) is 21.6 Å². The minimum absolute atomic E-state index is 0.149. The highest BCUT2D eigenvalue weighted by Crippen LogP contribution is 2.15. The first kappa shape index (κ1) is 22.1. The Labute approximate surface area is 145 Å². The van der Waals surface area contributed by atoms with Gasteiger partial charge in [0.2, 0.25) is 5.95 Å². The molecule has 2 rings (SSSR count). The van der Waals surface area contributed by atoms with E-state index in [9.17, 15) is 9.59 Å². The van der Waals surface area contributed by atoms with Crippen LogP contribution in [0.5, 0.6) is 0 Å². The van der Waals surface area contributed by atoms with Gasteiger partial charge in [0.1, 0.15) is 0 Å². The van der Waals surface area contributed by atoms with Gasteiger partial charge in [0.05, 0.1) is 6.61 Å². The highest BCUT2D eigenvalue weighted by atomic mass is 16.5. The van der Waals surface area contributed by atoms with Crippen molar-refractivity contribution in [2.75, 3.05) is 24.6 Å². The average Bonchev–Trinajstić information content (AvgIpc) is 3.12. The molecule has 1 N–H and O–H groups in total. The number of aromatic nitrogens is 2. The summed E-state index contributed by atoms with van der Waals surface area (Å²) >= 11 is 0. The van der Waals surface area contributed by atoms with E-state index < -0.39 is 0 Å². The summed E-state index contributed by atoms with van der Waals surface area (Å²) in [5.41, 5.74) is 1.12. The molecule has 24 heavy (non-hydrogen) atoms. The zero-order valence-corrected chi connectivity index (χ0v) is 16.1. The first-order valence-electron chi connectivity index (χ1n) is 9.12. The summed E-state index contributed by atoms with van der Waals surface area (Å²) < 4.78 is 4.87. The molecule has 1 aromatic rings. The van der Waals surface area contributed by atoms with Gasteiger partial charge in [-0.15, -0.1) is 0 Å². The van der Waals surface area contributed by atoms with E-state index in [-0.39, 0.29) is 17.9 Å². The van der Waals surface area contributed by atoms with Gasteiger partial charge in [-0.05, 0) is 33.1 Å². The van der Waals surface area contributed by atoms with Gasteiger partial charge < -0.3 is 9.64 Å². The lowest BCUT2D eigenvalue weighted by molar-refractivity contribution is -0.143. The van der Waals surface area contributed by atoms with Crippen molar-refractivity contribution in [2.45, 2.75) is 67.2 Å². The predicted octanol–water partition coefficient (Wildman–Crippen LogP) is 3.23. The number of carbonyl (C=O) groups is 1. The summed E-state index contributed by atoms with van der Waals surface area (Å²) in [6.45, 7) is 13.8. The molecule has 6 heteroatoms. The number of nitrogens with one attached hydrogen (secondary N) is 1. The second-order valence-corrected chi connectivity index (χ2v) is 4.95. The summed E-state index contributed by atoms with van der Waals surface area (Å²) in [5, 5.41) is 0. The van der Waals surface area contributed by atoms with Crippen LogP contribution in [0.1, 0.15) is 65.1 Å². The molecule has 1 saturated heterocycles. The normalized spacial score (nSPS) is 12.7. The summed E-state index contributed by atoms with van der Waals surface area (Å²) in [4.78, 5) is 32.8. The highest BCUT2D eigenvalue weighted by molar-refractivity contribution is 5.69. The molecule has 1 aliphatic rings. The maximum Gasteiger partial charge on any atom is 0.306 e. The van der Waals surface area contributed by atoms with Gasteiger partial charge in [-0.3, -0.25) is 14.6 Å². The van der Waals surface area contributed by atoms with Gasteiger partial charge in [0.25, 0.3) is 5.56 Å². The average molecular weight is 339 g/mol. The van der Waals surface area contributed by atoms with Crippen LogP contribution in [0.15, 0.2) is 4.79 Å². The van der Waals surface area contributed by atoms with Gasteiger partial charge in [-0.2, -0.15) is 0 Å². The number of ether oxygens (including phenoxy) is 1. The van der Waals surface area contributed by atoms with Crippen LogP contribution >= 0.6 is 0 Å². The third-order valence-corrected chi connectivity index (χ3v) is 3.50. The minimum Gasteiger partial charge on any atom is -0.466 e. The van der Waals surface area contributed by atoms with Gasteiger partial charge in [-0.25, -0.2) is 4.98 Å². The summed E-state index contributed by atoms with van der Waals surface area (Å²) in [5.74, 6) is 0.361. The van der Waals surface area contributed by atoms with E-state index in [0.717, 1.165) is 25.9 Å². The molecule has 138 valence electrons. The molecule has 0 spiro atoms.